The maximum Gasteiger partial charge on any atom is 0.325 e. The van der Waals surface area contributed by atoms with Crippen LogP contribution in [0, 0.1) is 11.7 Å². The molecule has 2 rings (SSSR count). The molecule has 1 N–H and O–H groups in total. The molecule has 0 aliphatic carbocycles. The minimum Gasteiger partial charge on any atom is -0.468 e. The topological polar surface area (TPSA) is 75.7 Å². The summed E-state index contributed by atoms with van der Waals surface area (Å²) in [7, 11) is 2.78. The molecule has 23 heavy (non-hydrogen) atoms. The van der Waals surface area contributed by atoms with Crippen molar-refractivity contribution in [3.63, 3.8) is 0 Å². The normalized spacial score (nSPS) is 21.0. The number of ether oxygens (including phenoxy) is 1. The Morgan fingerprint density at radius 2 is 2.09 bits per heavy atom. The molecule has 0 radical (unpaired) electrons. The zero-order valence-electron chi connectivity index (χ0n) is 13.0. The first-order valence-corrected chi connectivity index (χ1v) is 7.30. The summed E-state index contributed by atoms with van der Waals surface area (Å²) in [5.74, 6) is -2.21. The predicted molar refractivity (Wildman–Crippen MR) is 79.7 cm³/mol. The van der Waals surface area contributed by atoms with Crippen LogP contribution in [-0.4, -0.2) is 43.4 Å². The molecule has 0 saturated carbocycles. The number of carbonyl (C=O) groups excluding carboxylic acids is 3. The number of nitrogens with zero attached hydrogens (tertiary/aromatic N) is 1. The Kier molecular flexibility index (Phi) is 5.31. The molecule has 0 bridgehead atoms. The van der Waals surface area contributed by atoms with Gasteiger partial charge in [0, 0.05) is 19.0 Å². The average Bonchev–Trinajstić information content (AvgIpc) is 2.55. The number of rotatable bonds is 4. The fraction of sp³-hybridized carbons (Fsp3) is 0.438. The van der Waals surface area contributed by atoms with Crippen molar-refractivity contribution in [2.45, 2.75) is 18.9 Å². The summed E-state index contributed by atoms with van der Waals surface area (Å²) < 4.78 is 18.6. The van der Waals surface area contributed by atoms with E-state index in [4.69, 9.17) is 0 Å². The van der Waals surface area contributed by atoms with Crippen molar-refractivity contribution >= 4 is 17.8 Å². The van der Waals surface area contributed by atoms with Crippen LogP contribution in [0.4, 0.5) is 4.39 Å². The minimum absolute atomic E-state index is 0.143. The first-order chi connectivity index (χ1) is 11.0. The van der Waals surface area contributed by atoms with Gasteiger partial charge in [-0.05, 0) is 12.5 Å². The highest BCUT2D eigenvalue weighted by atomic mass is 19.1. The van der Waals surface area contributed by atoms with E-state index < -0.39 is 29.7 Å². The summed E-state index contributed by atoms with van der Waals surface area (Å²) in [6.07, 6.45) is 0.507. The number of benzene rings is 1. The molecule has 1 heterocycles. The summed E-state index contributed by atoms with van der Waals surface area (Å²) in [4.78, 5) is 36.9. The lowest BCUT2D eigenvalue weighted by Gasteiger charge is -2.38. The predicted octanol–water partition coefficient (Wildman–Crippen LogP) is 1.02. The molecule has 1 aliphatic rings. The Balaban J connectivity index is 2.25. The van der Waals surface area contributed by atoms with Crippen LogP contribution in [-0.2, 0) is 19.1 Å². The molecule has 0 unspecified atom stereocenters. The van der Waals surface area contributed by atoms with Gasteiger partial charge in [0.2, 0.25) is 11.8 Å². The second kappa shape index (κ2) is 7.21. The van der Waals surface area contributed by atoms with Gasteiger partial charge in [-0.1, -0.05) is 18.2 Å². The molecular weight excluding hydrogens is 303 g/mol. The minimum atomic E-state index is -0.699. The maximum absolute atomic E-state index is 14.1. The zero-order chi connectivity index (χ0) is 17.0. The molecule has 1 fully saturated rings. The van der Waals surface area contributed by atoms with Crippen molar-refractivity contribution in [1.29, 1.82) is 0 Å². The maximum atomic E-state index is 14.1. The van der Waals surface area contributed by atoms with Crippen LogP contribution in [0.5, 0.6) is 0 Å². The molecule has 7 heteroatoms. The largest absolute Gasteiger partial charge is 0.468 e. The van der Waals surface area contributed by atoms with E-state index in [1.807, 2.05) is 0 Å². The monoisotopic (exact) mass is 322 g/mol. The third-order valence-electron chi connectivity index (χ3n) is 4.06. The lowest BCUT2D eigenvalue weighted by molar-refractivity contribution is -0.145. The van der Waals surface area contributed by atoms with Crippen LogP contribution in [0.1, 0.15) is 24.4 Å². The van der Waals surface area contributed by atoms with E-state index in [2.05, 4.69) is 10.1 Å². The second-order valence-electron chi connectivity index (χ2n) is 5.41. The molecule has 0 spiro atoms. The number of methoxy groups -OCH3 is 1. The number of amides is 2. The number of halogens is 1. The van der Waals surface area contributed by atoms with E-state index in [-0.39, 0.29) is 18.9 Å². The Morgan fingerprint density at radius 1 is 1.39 bits per heavy atom. The summed E-state index contributed by atoms with van der Waals surface area (Å²) in [6.45, 7) is -0.256. The van der Waals surface area contributed by atoms with Crippen molar-refractivity contribution in [3.05, 3.63) is 35.6 Å². The fourth-order valence-electron chi connectivity index (χ4n) is 2.82. The van der Waals surface area contributed by atoms with Gasteiger partial charge in [-0.2, -0.15) is 0 Å². The number of hydrogen-bond acceptors (Lipinski definition) is 4. The quantitative estimate of drug-likeness (QED) is 0.840. The highest BCUT2D eigenvalue weighted by Gasteiger charge is 2.40. The number of likely N-dealkylation sites (tertiary alicyclic amines) is 1. The number of nitrogens with one attached hydrogen (secondary N) is 1. The van der Waals surface area contributed by atoms with Gasteiger partial charge in [0.05, 0.1) is 19.1 Å². The number of esters is 1. The van der Waals surface area contributed by atoms with E-state index in [1.54, 1.807) is 25.2 Å². The lowest BCUT2D eigenvalue weighted by atomic mass is 9.83. The van der Waals surface area contributed by atoms with Gasteiger partial charge < -0.3 is 15.0 Å². The van der Waals surface area contributed by atoms with Crippen molar-refractivity contribution in [2.75, 3.05) is 20.7 Å². The van der Waals surface area contributed by atoms with Gasteiger partial charge in [0.1, 0.15) is 12.4 Å². The van der Waals surface area contributed by atoms with Crippen molar-refractivity contribution in [2.24, 2.45) is 5.92 Å². The molecular formula is C16H19FN2O4. The van der Waals surface area contributed by atoms with E-state index >= 15 is 0 Å². The summed E-state index contributed by atoms with van der Waals surface area (Å²) >= 11 is 0. The highest BCUT2D eigenvalue weighted by Crippen LogP contribution is 2.36. The van der Waals surface area contributed by atoms with Crippen molar-refractivity contribution < 1.29 is 23.5 Å². The third kappa shape index (κ3) is 3.67. The molecule has 124 valence electrons. The first kappa shape index (κ1) is 16.9. The fourth-order valence-corrected chi connectivity index (χ4v) is 2.82. The first-order valence-electron chi connectivity index (χ1n) is 7.30. The Bertz CT molecular complexity index is 620. The van der Waals surface area contributed by atoms with Crippen LogP contribution in [0.3, 0.4) is 0 Å². The Labute approximate surface area is 133 Å². The van der Waals surface area contributed by atoms with Gasteiger partial charge in [-0.25, -0.2) is 4.39 Å². The van der Waals surface area contributed by atoms with Crippen LogP contribution in [0.15, 0.2) is 24.3 Å². The summed E-state index contributed by atoms with van der Waals surface area (Å²) in [5.41, 5.74) is 0.293. The van der Waals surface area contributed by atoms with E-state index in [9.17, 15) is 18.8 Å². The number of piperidine rings is 1. The standard InChI is InChI=1S/C16H19FN2O4/c1-19-13(20)8-7-11(16(22)18-9-14(21)23-2)15(19)10-5-3-4-6-12(10)17/h3-6,11,15H,7-9H2,1-2H3,(H,18,22)/t11-,15-/m1/s1. The van der Waals surface area contributed by atoms with Gasteiger partial charge in [0.15, 0.2) is 0 Å². The number of carbonyl (C=O) groups is 3. The Morgan fingerprint density at radius 3 is 2.74 bits per heavy atom. The molecule has 0 aromatic heterocycles. The van der Waals surface area contributed by atoms with Gasteiger partial charge in [-0.15, -0.1) is 0 Å². The third-order valence-corrected chi connectivity index (χ3v) is 4.06. The molecule has 2 amide bonds. The second-order valence-corrected chi connectivity index (χ2v) is 5.41. The molecule has 1 aliphatic heterocycles. The van der Waals surface area contributed by atoms with Gasteiger partial charge >= 0.3 is 5.97 Å². The highest BCUT2D eigenvalue weighted by molar-refractivity contribution is 5.87. The van der Waals surface area contributed by atoms with E-state index in [1.165, 1.54) is 18.1 Å². The molecule has 1 aromatic rings. The van der Waals surface area contributed by atoms with E-state index in [0.717, 1.165) is 0 Å². The molecule has 1 saturated heterocycles. The summed E-state index contributed by atoms with van der Waals surface area (Å²) in [5, 5.41) is 2.48. The van der Waals surface area contributed by atoms with Crippen LogP contribution < -0.4 is 5.32 Å². The average molecular weight is 322 g/mol. The van der Waals surface area contributed by atoms with E-state index in [0.29, 0.717) is 12.0 Å². The Hall–Kier alpha value is -2.44. The number of hydrogen-bond donors (Lipinski definition) is 1. The lowest BCUT2D eigenvalue weighted by Crippen LogP contribution is -2.47. The van der Waals surface area contributed by atoms with Crippen molar-refractivity contribution in [3.8, 4) is 0 Å². The zero-order valence-corrected chi connectivity index (χ0v) is 13.0. The molecule has 2 atom stereocenters. The summed E-state index contributed by atoms with van der Waals surface area (Å²) in [6, 6.07) is 5.38. The van der Waals surface area contributed by atoms with Crippen molar-refractivity contribution in [1.82, 2.24) is 10.2 Å². The van der Waals surface area contributed by atoms with Crippen LogP contribution in [0.2, 0.25) is 0 Å². The molecule has 6 nitrogen and oxygen atoms in total. The SMILES string of the molecule is COC(=O)CNC(=O)[C@@H]1CCC(=O)N(C)[C@@H]1c1ccccc1F. The van der Waals surface area contributed by atoms with Crippen LogP contribution in [0.25, 0.3) is 0 Å². The van der Waals surface area contributed by atoms with Gasteiger partial charge in [-0.3, -0.25) is 14.4 Å². The molecule has 1 aromatic carbocycles. The van der Waals surface area contributed by atoms with Crippen LogP contribution >= 0.6 is 0 Å². The smallest absolute Gasteiger partial charge is 0.325 e. The van der Waals surface area contributed by atoms with Gasteiger partial charge in [0.25, 0.3) is 0 Å².